The molecule has 0 aliphatic carbocycles. The number of ketones is 1. The van der Waals surface area contributed by atoms with E-state index in [0.29, 0.717) is 26.6 Å². The lowest BCUT2D eigenvalue weighted by Crippen LogP contribution is -2.12. The van der Waals surface area contributed by atoms with Gasteiger partial charge < -0.3 is 15.8 Å². The summed E-state index contributed by atoms with van der Waals surface area (Å²) < 4.78 is 5.31. The number of amides is 1. The molecule has 0 aliphatic heterocycles. The second-order valence-electron chi connectivity index (χ2n) is 9.42. The van der Waals surface area contributed by atoms with Gasteiger partial charge in [-0.15, -0.1) is 22.7 Å². The third-order valence-corrected chi connectivity index (χ3v) is 8.68. The number of allylic oxidation sites excluding steroid dienone is 1. The zero-order valence-corrected chi connectivity index (χ0v) is 24.2. The van der Waals surface area contributed by atoms with Crippen LogP contribution < -0.4 is 15.8 Å². The maximum atomic E-state index is 13.4. The summed E-state index contributed by atoms with van der Waals surface area (Å²) in [6, 6.07) is 30.3. The van der Waals surface area contributed by atoms with Crippen LogP contribution in [-0.4, -0.2) is 23.8 Å². The summed E-state index contributed by atoms with van der Waals surface area (Å²) in [4.78, 5) is 32.9. The largest absolute Gasteiger partial charge is 0.497 e. The Morgan fingerprint density at radius 2 is 1.67 bits per heavy atom. The highest BCUT2D eigenvalue weighted by Crippen LogP contribution is 2.41. The number of benzene rings is 3. The van der Waals surface area contributed by atoms with Crippen molar-refractivity contribution in [3.05, 3.63) is 124 Å². The molecule has 0 fully saturated rings. The Morgan fingerprint density at radius 3 is 2.36 bits per heavy atom. The van der Waals surface area contributed by atoms with Crippen LogP contribution >= 0.6 is 22.7 Å². The number of carbonyl (C=O) groups is 2. The second kappa shape index (κ2) is 11.8. The summed E-state index contributed by atoms with van der Waals surface area (Å²) in [6.07, 6.45) is 3.35. The Balaban J connectivity index is 1.31. The summed E-state index contributed by atoms with van der Waals surface area (Å²) >= 11 is 2.82. The van der Waals surface area contributed by atoms with Crippen LogP contribution in [0.2, 0.25) is 0 Å². The van der Waals surface area contributed by atoms with Crippen LogP contribution in [0.15, 0.2) is 109 Å². The van der Waals surface area contributed by atoms with Crippen LogP contribution in [0.4, 0.5) is 11.4 Å². The monoisotopic (exact) mass is 587 g/mol. The van der Waals surface area contributed by atoms with Gasteiger partial charge >= 0.3 is 0 Å². The van der Waals surface area contributed by atoms with Crippen LogP contribution in [0.3, 0.4) is 0 Å². The Bertz CT molecular complexity index is 1910. The molecule has 1 amide bonds. The number of pyridine rings is 1. The van der Waals surface area contributed by atoms with Crippen molar-refractivity contribution in [3.63, 3.8) is 0 Å². The highest BCUT2D eigenvalue weighted by Gasteiger charge is 2.22. The minimum atomic E-state index is -0.336. The summed E-state index contributed by atoms with van der Waals surface area (Å²) in [5.41, 5.74) is 11.7. The lowest BCUT2D eigenvalue weighted by molar-refractivity contribution is 0.102. The zero-order chi connectivity index (χ0) is 29.1. The number of aromatic nitrogens is 1. The number of anilines is 2. The number of thiophene rings is 2. The first-order valence-corrected chi connectivity index (χ1v) is 14.8. The molecule has 0 saturated carbocycles. The molecule has 0 radical (unpaired) electrons. The highest BCUT2D eigenvalue weighted by atomic mass is 32.1. The fourth-order valence-corrected chi connectivity index (χ4v) is 6.22. The van der Waals surface area contributed by atoms with Crippen molar-refractivity contribution in [2.75, 3.05) is 18.2 Å². The molecule has 0 saturated heterocycles. The van der Waals surface area contributed by atoms with Crippen LogP contribution in [0.1, 0.15) is 24.9 Å². The molecule has 3 aromatic heterocycles. The number of nitrogens with zero attached hydrogens (tertiary/aromatic N) is 1. The van der Waals surface area contributed by atoms with Crippen molar-refractivity contribution in [3.8, 4) is 28.1 Å². The minimum Gasteiger partial charge on any atom is -0.497 e. The highest BCUT2D eigenvalue weighted by molar-refractivity contribution is 7.21. The third kappa shape index (κ3) is 5.58. The topological polar surface area (TPSA) is 94.3 Å². The van der Waals surface area contributed by atoms with E-state index in [1.165, 1.54) is 11.3 Å². The summed E-state index contributed by atoms with van der Waals surface area (Å²) in [5, 5.41) is 5.63. The average Bonchev–Trinajstić information content (AvgIpc) is 3.68. The van der Waals surface area contributed by atoms with E-state index in [9.17, 15) is 9.59 Å². The first-order chi connectivity index (χ1) is 20.5. The molecular formula is C34H25N3O3S2. The number of hydrogen-bond donors (Lipinski definition) is 2. The number of methoxy groups -OCH3 is 1. The van der Waals surface area contributed by atoms with Gasteiger partial charge in [0.15, 0.2) is 5.78 Å². The Kier molecular flexibility index (Phi) is 7.64. The zero-order valence-electron chi connectivity index (χ0n) is 22.5. The van der Waals surface area contributed by atoms with Gasteiger partial charge in [-0.25, -0.2) is 4.98 Å². The normalized spacial score (nSPS) is 11.2. The van der Waals surface area contributed by atoms with E-state index in [4.69, 9.17) is 15.5 Å². The van der Waals surface area contributed by atoms with Crippen LogP contribution in [0.25, 0.3) is 38.7 Å². The van der Waals surface area contributed by atoms with Gasteiger partial charge in [0.05, 0.1) is 18.5 Å². The second-order valence-corrected chi connectivity index (χ2v) is 11.4. The van der Waals surface area contributed by atoms with E-state index in [-0.39, 0.29) is 11.7 Å². The first-order valence-electron chi connectivity index (χ1n) is 13.1. The summed E-state index contributed by atoms with van der Waals surface area (Å²) in [7, 11) is 1.63. The van der Waals surface area contributed by atoms with E-state index in [2.05, 4.69) is 5.32 Å². The standard InChI is InChI=1S/C34H25N3O3S2/c1-40-25-15-11-22(12-16-25)28-20-27(21-6-3-2-4-7-21)30-31(35)32(42-34(30)37-28)33(39)36-24-13-9-23(10-14-24)29(38)18-17-26-8-5-19-41-26/h2-20H,35H2,1H3,(H,36,39)/b18-17+. The van der Waals surface area contributed by atoms with Crippen LogP contribution in [-0.2, 0) is 0 Å². The van der Waals surface area contributed by atoms with Crippen molar-refractivity contribution < 1.29 is 14.3 Å². The maximum absolute atomic E-state index is 13.4. The molecule has 6 nitrogen and oxygen atoms in total. The molecule has 0 aliphatic rings. The molecule has 0 atom stereocenters. The average molecular weight is 588 g/mol. The summed E-state index contributed by atoms with van der Waals surface area (Å²) in [6.45, 7) is 0. The number of fused-ring (bicyclic) bond motifs is 1. The predicted molar refractivity (Wildman–Crippen MR) is 174 cm³/mol. The number of nitrogens with one attached hydrogen (secondary N) is 1. The molecule has 0 bridgehead atoms. The number of rotatable bonds is 8. The Labute approximate surface area is 250 Å². The van der Waals surface area contributed by atoms with E-state index in [1.54, 1.807) is 54.9 Å². The number of nitrogens with two attached hydrogens (primary N) is 1. The van der Waals surface area contributed by atoms with Crippen molar-refractivity contribution in [2.24, 2.45) is 0 Å². The molecule has 8 heteroatoms. The molecule has 6 aromatic rings. The van der Waals surface area contributed by atoms with Crippen LogP contribution in [0.5, 0.6) is 5.75 Å². The lowest BCUT2D eigenvalue weighted by Gasteiger charge is -2.09. The van der Waals surface area contributed by atoms with Gasteiger partial charge in [-0.05, 0) is 89.3 Å². The van der Waals surface area contributed by atoms with Gasteiger partial charge in [-0.1, -0.05) is 36.4 Å². The van der Waals surface area contributed by atoms with E-state index >= 15 is 0 Å². The maximum Gasteiger partial charge on any atom is 0.267 e. The number of carbonyl (C=O) groups excluding carboxylic acids is 2. The predicted octanol–water partition coefficient (Wildman–Crippen LogP) is 8.43. The third-order valence-electron chi connectivity index (χ3n) is 6.75. The van der Waals surface area contributed by atoms with Crippen molar-refractivity contribution in [1.29, 1.82) is 0 Å². The van der Waals surface area contributed by atoms with Crippen LogP contribution in [0, 0.1) is 0 Å². The van der Waals surface area contributed by atoms with Gasteiger partial charge in [-0.2, -0.15) is 0 Å². The van der Waals surface area contributed by atoms with E-state index in [1.807, 2.05) is 78.2 Å². The minimum absolute atomic E-state index is 0.109. The first kappa shape index (κ1) is 27.1. The van der Waals surface area contributed by atoms with Gasteiger partial charge in [0.1, 0.15) is 15.5 Å². The molecular weight excluding hydrogens is 563 g/mol. The molecule has 0 spiro atoms. The molecule has 3 aromatic carbocycles. The van der Waals surface area contributed by atoms with Gasteiger partial charge in [-0.3, -0.25) is 9.59 Å². The molecule has 206 valence electrons. The molecule has 6 rings (SSSR count). The van der Waals surface area contributed by atoms with Gasteiger partial charge in [0.2, 0.25) is 0 Å². The number of ether oxygens (including phenoxy) is 1. The lowest BCUT2D eigenvalue weighted by atomic mass is 9.99. The SMILES string of the molecule is COc1ccc(-c2cc(-c3ccccc3)c3c(N)c(C(=O)Nc4ccc(C(=O)/C=C/c5cccs5)cc4)sc3n2)cc1. The summed E-state index contributed by atoms with van der Waals surface area (Å²) in [5.74, 6) is 0.314. The number of nitrogen functional groups attached to an aromatic ring is 1. The molecule has 3 N–H and O–H groups in total. The van der Waals surface area contributed by atoms with Gasteiger partial charge in [0.25, 0.3) is 5.91 Å². The van der Waals surface area contributed by atoms with E-state index in [0.717, 1.165) is 38.4 Å². The number of hydrogen-bond acceptors (Lipinski definition) is 7. The molecule has 42 heavy (non-hydrogen) atoms. The van der Waals surface area contributed by atoms with Crippen molar-refractivity contribution >= 4 is 62.0 Å². The molecule has 0 unspecified atom stereocenters. The Hall–Kier alpha value is -5.05. The fraction of sp³-hybridized carbons (Fsp3) is 0.0294. The smallest absolute Gasteiger partial charge is 0.267 e. The quantitative estimate of drug-likeness (QED) is 0.138. The fourth-order valence-electron chi connectivity index (χ4n) is 4.59. The molecule has 3 heterocycles. The van der Waals surface area contributed by atoms with Crippen molar-refractivity contribution in [1.82, 2.24) is 4.98 Å². The van der Waals surface area contributed by atoms with E-state index < -0.39 is 0 Å². The van der Waals surface area contributed by atoms with Gasteiger partial charge in [0, 0.05) is 27.1 Å². The Morgan fingerprint density at radius 1 is 0.905 bits per heavy atom. The van der Waals surface area contributed by atoms with Crippen molar-refractivity contribution in [2.45, 2.75) is 0 Å².